The van der Waals surface area contributed by atoms with E-state index in [0.29, 0.717) is 21.5 Å². The topological polar surface area (TPSA) is 74.7 Å². The second-order valence-electron chi connectivity index (χ2n) is 4.46. The first-order valence-corrected chi connectivity index (χ1v) is 7.37. The zero-order valence-corrected chi connectivity index (χ0v) is 14.1. The Morgan fingerprint density at radius 1 is 1.13 bits per heavy atom. The van der Waals surface area contributed by atoms with Crippen molar-refractivity contribution in [2.24, 2.45) is 0 Å². The van der Waals surface area contributed by atoms with E-state index < -0.39 is 12.6 Å². The van der Waals surface area contributed by atoms with E-state index in [-0.39, 0.29) is 11.3 Å². The van der Waals surface area contributed by atoms with Crippen LogP contribution in [0.25, 0.3) is 0 Å². The van der Waals surface area contributed by atoms with Crippen molar-refractivity contribution in [3.63, 3.8) is 0 Å². The number of esters is 1. The molecule has 0 fully saturated rings. The number of hydrogen-bond donors (Lipinski definition) is 0. The molecule has 0 unspecified atom stereocenters. The lowest BCUT2D eigenvalue weighted by atomic mass is 10.1. The predicted octanol–water partition coefficient (Wildman–Crippen LogP) is 2.90. The molecule has 0 N–H and O–H groups in total. The molecule has 0 bridgehead atoms. The van der Waals surface area contributed by atoms with E-state index in [0.717, 1.165) is 0 Å². The lowest BCUT2D eigenvalue weighted by Crippen LogP contribution is -2.15. The number of rotatable bonds is 6. The van der Waals surface area contributed by atoms with Crippen molar-refractivity contribution in [2.75, 3.05) is 20.8 Å². The molecule has 0 aliphatic carbocycles. The molecule has 0 aliphatic heterocycles. The van der Waals surface area contributed by atoms with E-state index in [1.165, 1.54) is 20.4 Å². The van der Waals surface area contributed by atoms with Gasteiger partial charge in [0.25, 0.3) is 0 Å². The number of benzene rings is 1. The zero-order chi connectivity index (χ0) is 16.8. The first-order valence-electron chi connectivity index (χ1n) is 6.58. The van der Waals surface area contributed by atoms with Crippen molar-refractivity contribution in [3.05, 3.63) is 52.3 Å². The predicted molar refractivity (Wildman–Crippen MR) is 86.1 cm³/mol. The Morgan fingerprint density at radius 2 is 1.91 bits per heavy atom. The minimum Gasteiger partial charge on any atom is -0.497 e. The van der Waals surface area contributed by atoms with Crippen LogP contribution in [0, 0.1) is 0 Å². The minimum absolute atomic E-state index is 0.258. The average molecular weight is 380 g/mol. The number of methoxy groups -OCH3 is 2. The fraction of sp³-hybridized carbons (Fsp3) is 0.188. The monoisotopic (exact) mass is 379 g/mol. The molecule has 0 saturated heterocycles. The second kappa shape index (κ2) is 7.73. The van der Waals surface area contributed by atoms with Crippen molar-refractivity contribution in [1.82, 2.24) is 4.98 Å². The third-order valence-corrected chi connectivity index (χ3v) is 3.42. The van der Waals surface area contributed by atoms with Gasteiger partial charge >= 0.3 is 5.97 Å². The van der Waals surface area contributed by atoms with E-state index >= 15 is 0 Å². The van der Waals surface area contributed by atoms with Gasteiger partial charge in [-0.2, -0.15) is 0 Å². The van der Waals surface area contributed by atoms with Crippen LogP contribution in [-0.4, -0.2) is 37.6 Å². The standard InChI is InChI=1S/C16H14BrNO5/c1-21-12-3-4-13(15(6-12)22-2)14(19)9-23-16(20)10-5-11(17)8-18-7-10/h3-8H,9H2,1-2H3. The highest BCUT2D eigenvalue weighted by Gasteiger charge is 2.16. The summed E-state index contributed by atoms with van der Waals surface area (Å²) in [6.07, 6.45) is 2.91. The summed E-state index contributed by atoms with van der Waals surface area (Å²) in [6, 6.07) is 6.35. The van der Waals surface area contributed by atoms with Crippen LogP contribution in [0.1, 0.15) is 20.7 Å². The summed E-state index contributed by atoms with van der Waals surface area (Å²) in [5.41, 5.74) is 0.572. The van der Waals surface area contributed by atoms with E-state index in [9.17, 15) is 9.59 Å². The summed E-state index contributed by atoms with van der Waals surface area (Å²) in [7, 11) is 2.97. The summed E-state index contributed by atoms with van der Waals surface area (Å²) in [6.45, 7) is -0.395. The number of carbonyl (C=O) groups is 2. The number of ether oxygens (including phenoxy) is 3. The van der Waals surface area contributed by atoms with E-state index in [1.54, 1.807) is 30.5 Å². The molecule has 0 atom stereocenters. The van der Waals surface area contributed by atoms with E-state index in [4.69, 9.17) is 14.2 Å². The molecule has 2 rings (SSSR count). The largest absolute Gasteiger partial charge is 0.497 e. The van der Waals surface area contributed by atoms with E-state index in [1.807, 2.05) is 0 Å². The van der Waals surface area contributed by atoms with Crippen LogP contribution in [0.15, 0.2) is 41.1 Å². The summed E-state index contributed by atoms with van der Waals surface area (Å²) >= 11 is 3.21. The molecule has 0 aliphatic rings. The quantitative estimate of drug-likeness (QED) is 0.567. The number of Topliss-reactive ketones (excluding diaryl/α,β-unsaturated/α-hetero) is 1. The summed E-state index contributed by atoms with van der Waals surface area (Å²) in [5.74, 6) is -0.0782. The number of nitrogens with zero attached hydrogens (tertiary/aromatic N) is 1. The highest BCUT2D eigenvalue weighted by Crippen LogP contribution is 2.25. The number of pyridine rings is 1. The Bertz CT molecular complexity index is 732. The Hall–Kier alpha value is -2.41. The van der Waals surface area contributed by atoms with Gasteiger partial charge in [0.1, 0.15) is 11.5 Å². The van der Waals surface area contributed by atoms with Gasteiger partial charge in [0, 0.05) is 22.9 Å². The average Bonchev–Trinajstić information content (AvgIpc) is 2.58. The lowest BCUT2D eigenvalue weighted by Gasteiger charge is -2.10. The Balaban J connectivity index is 2.06. The molecule has 7 heteroatoms. The van der Waals surface area contributed by atoms with Crippen molar-refractivity contribution < 1.29 is 23.8 Å². The second-order valence-corrected chi connectivity index (χ2v) is 5.37. The van der Waals surface area contributed by atoms with Gasteiger partial charge in [-0.25, -0.2) is 4.79 Å². The smallest absolute Gasteiger partial charge is 0.340 e. The van der Waals surface area contributed by atoms with Gasteiger partial charge in [0.05, 0.1) is 25.3 Å². The van der Waals surface area contributed by atoms with Crippen LogP contribution in [0.5, 0.6) is 11.5 Å². The molecular weight excluding hydrogens is 366 g/mol. The molecule has 0 saturated carbocycles. The van der Waals surface area contributed by atoms with Crippen LogP contribution in [0.3, 0.4) is 0 Å². The van der Waals surface area contributed by atoms with Gasteiger partial charge in [0.2, 0.25) is 5.78 Å². The number of aromatic nitrogens is 1. The highest BCUT2D eigenvalue weighted by atomic mass is 79.9. The van der Waals surface area contributed by atoms with E-state index in [2.05, 4.69) is 20.9 Å². The number of carbonyl (C=O) groups excluding carboxylic acids is 2. The lowest BCUT2D eigenvalue weighted by molar-refractivity contribution is 0.0473. The van der Waals surface area contributed by atoms with Crippen LogP contribution in [-0.2, 0) is 4.74 Å². The summed E-state index contributed by atoms with van der Waals surface area (Å²) in [5, 5.41) is 0. The Kier molecular flexibility index (Phi) is 5.70. The Morgan fingerprint density at radius 3 is 2.57 bits per heavy atom. The van der Waals surface area contributed by atoms with Gasteiger partial charge in [-0.3, -0.25) is 9.78 Å². The van der Waals surface area contributed by atoms with Crippen molar-refractivity contribution in [3.8, 4) is 11.5 Å². The van der Waals surface area contributed by atoms with Gasteiger partial charge in [-0.15, -0.1) is 0 Å². The molecule has 1 aromatic heterocycles. The summed E-state index contributed by atoms with van der Waals surface area (Å²) in [4.78, 5) is 28.0. The normalized spacial score (nSPS) is 10.0. The van der Waals surface area contributed by atoms with Gasteiger partial charge in [-0.05, 0) is 34.1 Å². The fourth-order valence-corrected chi connectivity index (χ4v) is 2.21. The van der Waals surface area contributed by atoms with Crippen LogP contribution in [0.4, 0.5) is 0 Å². The molecule has 0 spiro atoms. The van der Waals surface area contributed by atoms with Gasteiger partial charge in [0.15, 0.2) is 6.61 Å². The van der Waals surface area contributed by atoms with Gasteiger partial charge < -0.3 is 14.2 Å². The maximum absolute atomic E-state index is 12.2. The maximum Gasteiger partial charge on any atom is 0.340 e. The Labute approximate surface area is 141 Å². The first kappa shape index (κ1) is 17.0. The molecular formula is C16H14BrNO5. The number of ketones is 1. The third kappa shape index (κ3) is 4.29. The minimum atomic E-state index is -0.625. The summed E-state index contributed by atoms with van der Waals surface area (Å²) < 4.78 is 15.9. The SMILES string of the molecule is COc1ccc(C(=O)COC(=O)c2cncc(Br)c2)c(OC)c1. The molecule has 0 radical (unpaired) electrons. The molecule has 1 heterocycles. The van der Waals surface area contributed by atoms with Crippen molar-refractivity contribution >= 4 is 27.7 Å². The van der Waals surface area contributed by atoms with Crippen LogP contribution >= 0.6 is 15.9 Å². The zero-order valence-electron chi connectivity index (χ0n) is 12.5. The molecule has 6 nitrogen and oxygen atoms in total. The molecule has 1 aromatic carbocycles. The molecule has 23 heavy (non-hydrogen) atoms. The number of halogens is 1. The van der Waals surface area contributed by atoms with Gasteiger partial charge in [-0.1, -0.05) is 0 Å². The van der Waals surface area contributed by atoms with Crippen molar-refractivity contribution in [1.29, 1.82) is 0 Å². The number of hydrogen-bond acceptors (Lipinski definition) is 6. The van der Waals surface area contributed by atoms with Crippen molar-refractivity contribution in [2.45, 2.75) is 0 Å². The third-order valence-electron chi connectivity index (χ3n) is 2.98. The maximum atomic E-state index is 12.2. The molecule has 120 valence electrons. The first-order chi connectivity index (χ1) is 11.0. The van der Waals surface area contributed by atoms with Crippen LogP contribution in [0.2, 0.25) is 0 Å². The molecule has 0 amide bonds. The fourth-order valence-electron chi connectivity index (χ4n) is 1.84. The molecule has 2 aromatic rings. The highest BCUT2D eigenvalue weighted by molar-refractivity contribution is 9.10. The van der Waals surface area contributed by atoms with Crippen LogP contribution < -0.4 is 9.47 Å².